The molecule has 2 aromatic carbocycles. The minimum atomic E-state index is -0.641. The summed E-state index contributed by atoms with van der Waals surface area (Å²) in [6.45, 7) is 5.18. The fraction of sp³-hybridized carbons (Fsp3) is 0.448. The van der Waals surface area contributed by atoms with Gasteiger partial charge in [0.05, 0.1) is 17.6 Å². The van der Waals surface area contributed by atoms with Crippen molar-refractivity contribution in [1.82, 2.24) is 4.90 Å². The maximum Gasteiger partial charge on any atom is 0.340 e. The number of likely N-dealkylation sites (tertiary alicyclic amines) is 1. The first-order valence-electron chi connectivity index (χ1n) is 12.7. The third-order valence-corrected chi connectivity index (χ3v) is 8.32. The van der Waals surface area contributed by atoms with Gasteiger partial charge in [-0.3, -0.25) is 4.79 Å². The van der Waals surface area contributed by atoms with Gasteiger partial charge in [-0.25, -0.2) is 4.79 Å². The third-order valence-electron chi connectivity index (χ3n) is 8.07. The molecule has 2 atom stereocenters. The number of halogens is 1. The molecule has 1 aliphatic carbocycles. The number of amides is 1. The monoisotopic (exact) mass is 509 g/mol. The number of nitrogens with zero attached hydrogens (tertiary/aromatic N) is 1. The smallest absolute Gasteiger partial charge is 0.340 e. The highest BCUT2D eigenvalue weighted by Crippen LogP contribution is 2.40. The zero-order valence-electron chi connectivity index (χ0n) is 20.8. The van der Waals surface area contributed by atoms with Gasteiger partial charge >= 0.3 is 5.63 Å². The number of aliphatic hydroxyl groups is 1. The minimum Gasteiger partial charge on any atom is -0.488 e. The maximum atomic E-state index is 13.2. The predicted molar refractivity (Wildman–Crippen MR) is 140 cm³/mol. The van der Waals surface area contributed by atoms with Crippen LogP contribution >= 0.6 is 11.6 Å². The lowest BCUT2D eigenvalue weighted by Crippen LogP contribution is -2.55. The molecule has 36 heavy (non-hydrogen) atoms. The number of hydrogen-bond donors (Lipinski definition) is 1. The van der Waals surface area contributed by atoms with Crippen LogP contribution in [0, 0.1) is 19.8 Å². The Kier molecular flexibility index (Phi) is 6.84. The highest BCUT2D eigenvalue weighted by Gasteiger charge is 2.43. The van der Waals surface area contributed by atoms with Gasteiger partial charge in [0.2, 0.25) is 5.91 Å². The van der Waals surface area contributed by atoms with Crippen LogP contribution in [0.1, 0.15) is 54.4 Å². The lowest BCUT2D eigenvalue weighted by Gasteiger charge is -2.47. The molecule has 5 rings (SSSR count). The first-order chi connectivity index (χ1) is 17.2. The van der Waals surface area contributed by atoms with E-state index in [1.54, 1.807) is 0 Å². The molecule has 0 bridgehead atoms. The molecule has 190 valence electrons. The lowest BCUT2D eigenvalue weighted by molar-refractivity contribution is -0.142. The predicted octanol–water partition coefficient (Wildman–Crippen LogP) is 5.34. The van der Waals surface area contributed by atoms with Crippen molar-refractivity contribution in [3.8, 4) is 5.75 Å². The molecule has 2 heterocycles. The first-order valence-corrected chi connectivity index (χ1v) is 13.1. The number of carbonyl (C=O) groups is 1. The molecular formula is C29H32ClNO5. The molecule has 1 aromatic heterocycles. The molecule has 2 fully saturated rings. The molecule has 0 radical (unpaired) electrons. The van der Waals surface area contributed by atoms with Crippen LogP contribution in [0.15, 0.2) is 45.6 Å². The molecule has 2 aliphatic rings. The van der Waals surface area contributed by atoms with Crippen molar-refractivity contribution >= 4 is 28.5 Å². The topological polar surface area (TPSA) is 80.0 Å². The highest BCUT2D eigenvalue weighted by molar-refractivity contribution is 6.30. The van der Waals surface area contributed by atoms with Gasteiger partial charge in [0.15, 0.2) is 0 Å². The molecule has 1 aliphatic heterocycles. The van der Waals surface area contributed by atoms with Gasteiger partial charge in [0, 0.05) is 35.0 Å². The molecule has 7 heteroatoms. The van der Waals surface area contributed by atoms with Crippen LogP contribution in [0.2, 0.25) is 5.02 Å². The van der Waals surface area contributed by atoms with Crippen molar-refractivity contribution < 1.29 is 19.1 Å². The summed E-state index contributed by atoms with van der Waals surface area (Å²) >= 11 is 5.95. The van der Waals surface area contributed by atoms with Crippen LogP contribution in [0.25, 0.3) is 11.0 Å². The number of fused-ring (bicyclic) bond motifs is 2. The maximum absolute atomic E-state index is 13.2. The van der Waals surface area contributed by atoms with Gasteiger partial charge in [-0.15, -0.1) is 0 Å². The molecule has 1 N–H and O–H groups in total. The second-order valence-corrected chi connectivity index (χ2v) is 10.7. The summed E-state index contributed by atoms with van der Waals surface area (Å²) in [7, 11) is 0. The van der Waals surface area contributed by atoms with E-state index in [2.05, 4.69) is 0 Å². The fourth-order valence-corrected chi connectivity index (χ4v) is 5.86. The van der Waals surface area contributed by atoms with E-state index in [4.69, 9.17) is 20.8 Å². The average Bonchev–Trinajstić information content (AvgIpc) is 2.87. The van der Waals surface area contributed by atoms with E-state index in [9.17, 15) is 14.7 Å². The van der Waals surface area contributed by atoms with E-state index >= 15 is 0 Å². The van der Waals surface area contributed by atoms with Crippen LogP contribution in [-0.2, 0) is 17.8 Å². The Bertz CT molecular complexity index is 1350. The standard InChI is InChI=1S/C29H32ClNO5/c1-18-23-10-11-25(35-17-20-6-8-22(30)9-7-20)19(2)27(23)36-28(33)24(18)15-26(32)31-14-13-29(34)12-4-3-5-21(29)16-31/h6-11,21,34H,3-5,12-17H2,1-2H3/t21-,29-/m0/s1. The van der Waals surface area contributed by atoms with Crippen LogP contribution in [0.3, 0.4) is 0 Å². The third kappa shape index (κ3) is 4.76. The van der Waals surface area contributed by atoms with E-state index < -0.39 is 11.2 Å². The number of aryl methyl sites for hydroxylation is 2. The Morgan fingerprint density at radius 2 is 1.92 bits per heavy atom. The number of carbonyl (C=O) groups excluding carboxylic acids is 1. The zero-order valence-corrected chi connectivity index (χ0v) is 21.6. The average molecular weight is 510 g/mol. The van der Waals surface area contributed by atoms with Gasteiger partial charge in [-0.1, -0.05) is 36.6 Å². The second kappa shape index (κ2) is 9.91. The number of piperidine rings is 1. The normalized spacial score (nSPS) is 21.9. The number of benzene rings is 2. The van der Waals surface area contributed by atoms with Crippen LogP contribution in [0.4, 0.5) is 0 Å². The first kappa shape index (κ1) is 24.8. The van der Waals surface area contributed by atoms with Crippen LogP contribution in [0.5, 0.6) is 5.75 Å². The SMILES string of the molecule is Cc1c(CC(=O)N2CC[C@@]3(O)CCCC[C@H]3C2)c(=O)oc2c(C)c(OCc3ccc(Cl)cc3)ccc12. The van der Waals surface area contributed by atoms with Crippen molar-refractivity contribution in [2.45, 2.75) is 64.6 Å². The minimum absolute atomic E-state index is 0.00310. The summed E-state index contributed by atoms with van der Waals surface area (Å²) < 4.78 is 11.7. The Hall–Kier alpha value is -2.83. The molecule has 0 spiro atoms. The van der Waals surface area contributed by atoms with Gasteiger partial charge in [-0.2, -0.15) is 0 Å². The number of rotatable bonds is 5. The van der Waals surface area contributed by atoms with Gasteiger partial charge in [0.25, 0.3) is 0 Å². The molecule has 3 aromatic rings. The van der Waals surface area contributed by atoms with E-state index in [0.717, 1.165) is 47.8 Å². The van der Waals surface area contributed by atoms with Crippen molar-refractivity contribution in [1.29, 1.82) is 0 Å². The molecular weight excluding hydrogens is 478 g/mol. The van der Waals surface area contributed by atoms with Crippen LogP contribution in [-0.4, -0.2) is 34.6 Å². The van der Waals surface area contributed by atoms with Crippen molar-refractivity contribution in [3.05, 3.63) is 74.1 Å². The molecule has 1 saturated carbocycles. The number of ether oxygens (including phenoxy) is 1. The molecule has 6 nitrogen and oxygen atoms in total. The van der Waals surface area contributed by atoms with Crippen LogP contribution < -0.4 is 10.4 Å². The lowest BCUT2D eigenvalue weighted by atomic mass is 9.71. The highest BCUT2D eigenvalue weighted by atomic mass is 35.5. The Labute approximate surface area is 215 Å². The Morgan fingerprint density at radius 3 is 2.69 bits per heavy atom. The quantitative estimate of drug-likeness (QED) is 0.470. The molecule has 0 unspecified atom stereocenters. The summed E-state index contributed by atoms with van der Waals surface area (Å²) in [6, 6.07) is 11.2. The van der Waals surface area contributed by atoms with Crippen molar-refractivity contribution in [3.63, 3.8) is 0 Å². The van der Waals surface area contributed by atoms with Gasteiger partial charge in [0.1, 0.15) is 17.9 Å². The summed E-state index contributed by atoms with van der Waals surface area (Å²) in [5.74, 6) is 0.668. The molecule has 1 amide bonds. The van der Waals surface area contributed by atoms with E-state index in [-0.39, 0.29) is 18.2 Å². The molecule has 1 saturated heterocycles. The van der Waals surface area contributed by atoms with Crippen molar-refractivity contribution in [2.24, 2.45) is 5.92 Å². The second-order valence-electron chi connectivity index (χ2n) is 10.3. The summed E-state index contributed by atoms with van der Waals surface area (Å²) in [5, 5.41) is 12.4. The largest absolute Gasteiger partial charge is 0.488 e. The van der Waals surface area contributed by atoms with E-state index in [1.807, 2.05) is 55.1 Å². The Morgan fingerprint density at radius 1 is 1.14 bits per heavy atom. The van der Waals surface area contributed by atoms with Gasteiger partial charge in [-0.05, 0) is 68.5 Å². The summed E-state index contributed by atoms with van der Waals surface area (Å²) in [5.41, 5.74) is 2.23. The number of hydrogen-bond acceptors (Lipinski definition) is 5. The zero-order chi connectivity index (χ0) is 25.4. The van der Waals surface area contributed by atoms with Crippen molar-refractivity contribution in [2.75, 3.05) is 13.1 Å². The van der Waals surface area contributed by atoms with Gasteiger partial charge < -0.3 is 19.2 Å². The Balaban J connectivity index is 1.34. The summed E-state index contributed by atoms with van der Waals surface area (Å²) in [4.78, 5) is 28.0. The fourth-order valence-electron chi connectivity index (χ4n) is 5.73. The van der Waals surface area contributed by atoms with E-state index in [0.29, 0.717) is 48.0 Å². The summed E-state index contributed by atoms with van der Waals surface area (Å²) in [6.07, 6.45) is 4.51. The van der Waals surface area contributed by atoms with E-state index in [1.165, 1.54) is 0 Å².